The lowest BCUT2D eigenvalue weighted by atomic mass is 10.1. The van der Waals surface area contributed by atoms with Crippen LogP contribution in [0.3, 0.4) is 0 Å². The van der Waals surface area contributed by atoms with Gasteiger partial charge in [-0.15, -0.1) is 0 Å². The molecule has 8 nitrogen and oxygen atoms in total. The number of hydrogen-bond acceptors (Lipinski definition) is 7. The zero-order valence-corrected chi connectivity index (χ0v) is 31.1. The van der Waals surface area contributed by atoms with Gasteiger partial charge in [0, 0.05) is 19.6 Å². The summed E-state index contributed by atoms with van der Waals surface area (Å²) in [5, 5.41) is 0. The molecule has 0 bridgehead atoms. The molecule has 0 spiro atoms. The molecule has 0 aliphatic carbocycles. The van der Waals surface area contributed by atoms with Gasteiger partial charge >= 0.3 is 13.8 Å². The first-order valence-electron chi connectivity index (χ1n) is 18.4. The number of unbranched alkanes of at least 4 members (excludes halogenated alkanes) is 9. The Morgan fingerprint density at radius 3 is 1.75 bits per heavy atom. The second kappa shape index (κ2) is 36.2. The maximum atomic E-state index is 12.5. The maximum Gasteiger partial charge on any atom is 0.472 e. The number of phosphoric ester groups is 1. The minimum Gasteiger partial charge on any atom is -0.457 e. The van der Waals surface area contributed by atoms with E-state index in [0.29, 0.717) is 13.0 Å². The summed E-state index contributed by atoms with van der Waals surface area (Å²) in [6, 6.07) is 0. The van der Waals surface area contributed by atoms with Crippen LogP contribution in [-0.4, -0.2) is 49.9 Å². The van der Waals surface area contributed by atoms with E-state index in [4.69, 9.17) is 24.3 Å². The number of rotatable bonds is 34. The van der Waals surface area contributed by atoms with E-state index in [1.165, 1.54) is 25.7 Å². The largest absolute Gasteiger partial charge is 0.472 e. The average molecular weight is 694 g/mol. The zero-order chi connectivity index (χ0) is 35.2. The predicted octanol–water partition coefficient (Wildman–Crippen LogP) is 10.4. The van der Waals surface area contributed by atoms with Crippen LogP contribution in [-0.2, 0) is 27.9 Å². The lowest BCUT2D eigenvalue weighted by molar-refractivity contribution is -0.154. The van der Waals surface area contributed by atoms with Crippen LogP contribution in [0.1, 0.15) is 129 Å². The van der Waals surface area contributed by atoms with Crippen LogP contribution in [0, 0.1) is 0 Å². The average Bonchev–Trinajstić information content (AvgIpc) is 3.07. The molecule has 0 amide bonds. The normalized spacial score (nSPS) is 14.5. The summed E-state index contributed by atoms with van der Waals surface area (Å²) in [5.41, 5.74) is 5.34. The number of phosphoric acid groups is 1. The third kappa shape index (κ3) is 35.3. The Hall–Kier alpha value is -2.06. The first kappa shape index (κ1) is 45.9. The molecule has 0 aromatic rings. The van der Waals surface area contributed by atoms with Crippen molar-refractivity contribution in [1.29, 1.82) is 0 Å². The minimum absolute atomic E-state index is 0.0877. The Bertz CT molecular complexity index is 958. The molecule has 9 heteroatoms. The van der Waals surface area contributed by atoms with Crippen molar-refractivity contribution in [3.05, 3.63) is 72.9 Å². The summed E-state index contributed by atoms with van der Waals surface area (Å²) < 4.78 is 33.2. The summed E-state index contributed by atoms with van der Waals surface area (Å²) in [7, 11) is -4.29. The van der Waals surface area contributed by atoms with Crippen LogP contribution in [0.25, 0.3) is 0 Å². The topological polar surface area (TPSA) is 117 Å². The van der Waals surface area contributed by atoms with Crippen molar-refractivity contribution < 1.29 is 32.8 Å². The Morgan fingerprint density at radius 2 is 1.17 bits per heavy atom. The van der Waals surface area contributed by atoms with Gasteiger partial charge in [0.15, 0.2) is 0 Å². The Morgan fingerprint density at radius 1 is 0.646 bits per heavy atom. The molecular weight excluding hydrogens is 625 g/mol. The first-order valence-corrected chi connectivity index (χ1v) is 19.9. The highest BCUT2D eigenvalue weighted by Gasteiger charge is 2.25. The van der Waals surface area contributed by atoms with E-state index < -0.39 is 13.9 Å². The molecule has 0 aromatic carbocycles. The highest BCUT2D eigenvalue weighted by atomic mass is 31.2. The standard InChI is InChI=1S/C39H68NO7P/c1-3-5-7-9-11-13-15-17-19-20-22-24-26-28-30-32-39(41)47-38(37-46-48(42,43)45-35-33-40)36-44-34-31-29-27-25-23-21-18-16-14-12-10-8-6-4-2/h5,7-8,10-11,13-14,16-17,19,22,24,38H,3-4,6,9,12,15,18,20-21,23,25-37,40H2,1-2H3,(H,42,43)/b7-5-,10-8-,13-11-,16-14-,19-17-,24-22-. The quantitative estimate of drug-likeness (QED) is 0.0296. The van der Waals surface area contributed by atoms with Gasteiger partial charge in [0.25, 0.3) is 0 Å². The van der Waals surface area contributed by atoms with Crippen molar-refractivity contribution in [2.24, 2.45) is 5.73 Å². The van der Waals surface area contributed by atoms with Gasteiger partial charge in [0.05, 0.1) is 19.8 Å². The molecule has 0 heterocycles. The second-order valence-electron chi connectivity index (χ2n) is 11.7. The van der Waals surface area contributed by atoms with Crippen molar-refractivity contribution in [3.63, 3.8) is 0 Å². The number of hydrogen-bond donors (Lipinski definition) is 2. The van der Waals surface area contributed by atoms with E-state index in [2.05, 4.69) is 86.8 Å². The fourth-order valence-electron chi connectivity index (χ4n) is 4.43. The molecule has 2 atom stereocenters. The monoisotopic (exact) mass is 693 g/mol. The first-order chi connectivity index (χ1) is 23.4. The molecule has 48 heavy (non-hydrogen) atoms. The lowest BCUT2D eigenvalue weighted by Gasteiger charge is -2.20. The molecule has 0 saturated carbocycles. The molecule has 0 aliphatic heterocycles. The van der Waals surface area contributed by atoms with Crippen molar-refractivity contribution in [3.8, 4) is 0 Å². The molecule has 0 aliphatic rings. The number of carbonyl (C=O) groups excluding carboxylic acids is 1. The maximum absolute atomic E-state index is 12.5. The van der Waals surface area contributed by atoms with E-state index in [9.17, 15) is 14.3 Å². The molecule has 0 fully saturated rings. The summed E-state index contributed by atoms with van der Waals surface area (Å²) in [6.07, 6.45) is 43.4. The van der Waals surface area contributed by atoms with Crippen molar-refractivity contribution in [1.82, 2.24) is 0 Å². The van der Waals surface area contributed by atoms with Crippen LogP contribution in [0.5, 0.6) is 0 Å². The van der Waals surface area contributed by atoms with Gasteiger partial charge in [-0.3, -0.25) is 13.8 Å². The lowest BCUT2D eigenvalue weighted by Crippen LogP contribution is -2.28. The van der Waals surface area contributed by atoms with Crippen LogP contribution < -0.4 is 5.73 Å². The Kier molecular flexibility index (Phi) is 34.7. The summed E-state index contributed by atoms with van der Waals surface area (Å²) in [5.74, 6) is -0.379. The number of nitrogens with two attached hydrogens (primary N) is 1. The SMILES string of the molecule is CC/C=C\C/C=C\C/C=C\C/C=C\CCCCC(=O)OC(COCCCCCCCC/C=C\C/C=C\CCC)COP(=O)(O)OCCN. The van der Waals surface area contributed by atoms with Gasteiger partial charge in [-0.1, -0.05) is 119 Å². The molecule has 0 radical (unpaired) electrons. The van der Waals surface area contributed by atoms with E-state index in [1.807, 2.05) is 0 Å². The smallest absolute Gasteiger partial charge is 0.457 e. The number of allylic oxidation sites excluding steroid dienone is 12. The molecule has 0 aromatic heterocycles. The van der Waals surface area contributed by atoms with E-state index in [0.717, 1.165) is 77.0 Å². The highest BCUT2D eigenvalue weighted by molar-refractivity contribution is 7.47. The number of esters is 1. The number of ether oxygens (including phenoxy) is 2. The van der Waals surface area contributed by atoms with E-state index >= 15 is 0 Å². The fourth-order valence-corrected chi connectivity index (χ4v) is 5.20. The van der Waals surface area contributed by atoms with Gasteiger partial charge < -0.3 is 20.1 Å². The zero-order valence-electron chi connectivity index (χ0n) is 30.2. The van der Waals surface area contributed by atoms with Crippen LogP contribution in [0.15, 0.2) is 72.9 Å². The second-order valence-corrected chi connectivity index (χ2v) is 13.2. The summed E-state index contributed by atoms with van der Waals surface area (Å²) in [4.78, 5) is 22.3. The number of carbonyl (C=O) groups is 1. The Labute approximate surface area is 293 Å². The van der Waals surface area contributed by atoms with Crippen LogP contribution in [0.4, 0.5) is 0 Å². The van der Waals surface area contributed by atoms with Gasteiger partial charge in [-0.05, 0) is 77.0 Å². The summed E-state index contributed by atoms with van der Waals surface area (Å²) >= 11 is 0. The third-order valence-corrected chi connectivity index (χ3v) is 8.07. The van der Waals surface area contributed by atoms with Crippen LogP contribution in [0.2, 0.25) is 0 Å². The Balaban J connectivity index is 4.23. The van der Waals surface area contributed by atoms with E-state index in [-0.39, 0.29) is 38.8 Å². The summed E-state index contributed by atoms with van der Waals surface area (Å²) in [6.45, 7) is 4.62. The molecular formula is C39H68NO7P. The highest BCUT2D eigenvalue weighted by Crippen LogP contribution is 2.43. The van der Waals surface area contributed by atoms with Gasteiger partial charge in [0.1, 0.15) is 6.10 Å². The van der Waals surface area contributed by atoms with Gasteiger partial charge in [-0.25, -0.2) is 4.57 Å². The van der Waals surface area contributed by atoms with Gasteiger partial charge in [0.2, 0.25) is 0 Å². The molecule has 3 N–H and O–H groups in total. The van der Waals surface area contributed by atoms with Crippen molar-refractivity contribution in [2.45, 2.75) is 136 Å². The molecule has 2 unspecified atom stereocenters. The van der Waals surface area contributed by atoms with Crippen molar-refractivity contribution in [2.75, 3.05) is 33.0 Å². The fraction of sp³-hybridized carbons (Fsp3) is 0.667. The molecule has 0 rings (SSSR count). The molecule has 0 saturated heterocycles. The minimum atomic E-state index is -4.29. The van der Waals surface area contributed by atoms with Crippen LogP contribution >= 0.6 is 7.82 Å². The van der Waals surface area contributed by atoms with Gasteiger partial charge in [-0.2, -0.15) is 0 Å². The van der Waals surface area contributed by atoms with E-state index in [1.54, 1.807) is 0 Å². The predicted molar refractivity (Wildman–Crippen MR) is 201 cm³/mol. The third-order valence-electron chi connectivity index (χ3n) is 7.09. The van der Waals surface area contributed by atoms with Crippen molar-refractivity contribution >= 4 is 13.8 Å². The molecule has 276 valence electrons.